The van der Waals surface area contributed by atoms with Gasteiger partial charge in [0, 0.05) is 5.56 Å². The van der Waals surface area contributed by atoms with Crippen LogP contribution in [0.15, 0.2) is 66.7 Å². The average Bonchev–Trinajstić information content (AvgIpc) is 2.67. The van der Waals surface area contributed by atoms with Crippen molar-refractivity contribution < 1.29 is 4.74 Å². The van der Waals surface area contributed by atoms with Gasteiger partial charge in [-0.25, -0.2) is 0 Å². The topological polar surface area (TPSA) is 9.23 Å². The Labute approximate surface area is 144 Å². The van der Waals surface area contributed by atoms with Gasteiger partial charge in [-0.15, -0.1) is 0 Å². The molecule has 0 atom stereocenters. The van der Waals surface area contributed by atoms with E-state index in [0.29, 0.717) is 0 Å². The van der Waals surface area contributed by atoms with Crippen LogP contribution >= 0.6 is 0 Å². The lowest BCUT2D eigenvalue weighted by atomic mass is 9.97. The Kier molecular flexibility index (Phi) is 5.00. The second-order valence-corrected chi connectivity index (χ2v) is 6.02. The molecule has 0 aliphatic rings. The molecule has 3 aromatic rings. The van der Waals surface area contributed by atoms with Crippen LogP contribution in [-0.2, 0) is 12.8 Å². The van der Waals surface area contributed by atoms with E-state index in [1.807, 2.05) is 0 Å². The molecule has 1 nitrogen and oxygen atoms in total. The largest absolute Gasteiger partial charge is 0.496 e. The van der Waals surface area contributed by atoms with E-state index in [1.54, 1.807) is 7.11 Å². The first-order valence-corrected chi connectivity index (χ1v) is 8.61. The van der Waals surface area contributed by atoms with Crippen molar-refractivity contribution in [3.63, 3.8) is 0 Å². The molecule has 0 N–H and O–H groups in total. The van der Waals surface area contributed by atoms with Crippen molar-refractivity contribution in [3.05, 3.63) is 77.9 Å². The lowest BCUT2D eigenvalue weighted by Crippen LogP contribution is -1.90. The molecule has 122 valence electrons. The quantitative estimate of drug-likeness (QED) is 0.548. The first-order chi connectivity index (χ1) is 11.7. The zero-order valence-electron chi connectivity index (χ0n) is 14.7. The minimum Gasteiger partial charge on any atom is -0.496 e. The molecule has 3 aromatic carbocycles. The van der Waals surface area contributed by atoms with Gasteiger partial charge in [0.25, 0.3) is 0 Å². The third kappa shape index (κ3) is 3.35. The smallest absolute Gasteiger partial charge is 0.127 e. The van der Waals surface area contributed by atoms with Gasteiger partial charge in [0.05, 0.1) is 7.11 Å². The molecule has 0 saturated heterocycles. The SMILES string of the molecule is CCc1ccc(-c2ccc(-c3ccc(CC)cc3)c(OC)c2)cc1. The van der Waals surface area contributed by atoms with Gasteiger partial charge in [0.2, 0.25) is 0 Å². The number of rotatable bonds is 5. The zero-order valence-corrected chi connectivity index (χ0v) is 14.7. The Bertz CT molecular complexity index is 798. The Balaban J connectivity index is 1.97. The molecule has 0 aromatic heterocycles. The summed E-state index contributed by atoms with van der Waals surface area (Å²) < 4.78 is 5.66. The van der Waals surface area contributed by atoms with E-state index in [1.165, 1.54) is 27.8 Å². The van der Waals surface area contributed by atoms with Crippen molar-refractivity contribution in [1.82, 2.24) is 0 Å². The van der Waals surface area contributed by atoms with Gasteiger partial charge in [0.15, 0.2) is 0 Å². The third-order valence-electron chi connectivity index (χ3n) is 4.57. The summed E-state index contributed by atoms with van der Waals surface area (Å²) in [6, 6.07) is 23.9. The fourth-order valence-electron chi connectivity index (χ4n) is 2.96. The van der Waals surface area contributed by atoms with Crippen LogP contribution in [0.25, 0.3) is 22.3 Å². The standard InChI is InChI=1S/C23H24O/c1-4-17-6-10-19(11-7-17)21-14-15-22(23(16-21)24-3)20-12-8-18(5-2)9-13-20/h6-16H,4-5H2,1-3H3. The molecule has 0 bridgehead atoms. The second kappa shape index (κ2) is 7.35. The maximum Gasteiger partial charge on any atom is 0.127 e. The molecule has 24 heavy (non-hydrogen) atoms. The maximum absolute atomic E-state index is 5.66. The van der Waals surface area contributed by atoms with Crippen molar-refractivity contribution >= 4 is 0 Å². The van der Waals surface area contributed by atoms with E-state index < -0.39 is 0 Å². The molecule has 0 spiro atoms. The van der Waals surface area contributed by atoms with Crippen LogP contribution in [0.1, 0.15) is 25.0 Å². The number of ether oxygens (including phenoxy) is 1. The highest BCUT2D eigenvalue weighted by Crippen LogP contribution is 2.34. The van der Waals surface area contributed by atoms with Crippen LogP contribution < -0.4 is 4.74 Å². The molecule has 0 aliphatic heterocycles. The number of hydrogen-bond donors (Lipinski definition) is 0. The normalized spacial score (nSPS) is 10.6. The Hall–Kier alpha value is -2.54. The summed E-state index contributed by atoms with van der Waals surface area (Å²) in [6.07, 6.45) is 2.13. The Morgan fingerprint density at radius 3 is 1.62 bits per heavy atom. The number of benzene rings is 3. The van der Waals surface area contributed by atoms with Crippen LogP contribution in [0.3, 0.4) is 0 Å². The summed E-state index contributed by atoms with van der Waals surface area (Å²) in [4.78, 5) is 0. The van der Waals surface area contributed by atoms with Crippen molar-refractivity contribution in [1.29, 1.82) is 0 Å². The highest BCUT2D eigenvalue weighted by atomic mass is 16.5. The van der Waals surface area contributed by atoms with Crippen molar-refractivity contribution in [2.24, 2.45) is 0 Å². The predicted octanol–water partition coefficient (Wildman–Crippen LogP) is 6.15. The van der Waals surface area contributed by atoms with Gasteiger partial charge in [-0.05, 0) is 46.7 Å². The fourth-order valence-corrected chi connectivity index (χ4v) is 2.96. The van der Waals surface area contributed by atoms with Crippen molar-refractivity contribution in [2.45, 2.75) is 26.7 Å². The zero-order chi connectivity index (χ0) is 16.9. The third-order valence-corrected chi connectivity index (χ3v) is 4.57. The average molecular weight is 316 g/mol. The molecular weight excluding hydrogens is 292 g/mol. The summed E-state index contributed by atoms with van der Waals surface area (Å²) in [5.41, 5.74) is 7.44. The number of hydrogen-bond acceptors (Lipinski definition) is 1. The van der Waals surface area contributed by atoms with E-state index in [-0.39, 0.29) is 0 Å². The van der Waals surface area contributed by atoms with Gasteiger partial charge in [-0.2, -0.15) is 0 Å². The first kappa shape index (κ1) is 16.3. The summed E-state index contributed by atoms with van der Waals surface area (Å²) in [7, 11) is 1.74. The predicted molar refractivity (Wildman–Crippen MR) is 103 cm³/mol. The van der Waals surface area contributed by atoms with E-state index in [0.717, 1.165) is 24.2 Å². The molecule has 0 saturated carbocycles. The fraction of sp³-hybridized carbons (Fsp3) is 0.217. The van der Waals surface area contributed by atoms with Crippen molar-refractivity contribution in [3.8, 4) is 28.0 Å². The molecule has 1 heteroatoms. The molecule has 0 radical (unpaired) electrons. The summed E-state index contributed by atoms with van der Waals surface area (Å²) in [5.74, 6) is 0.913. The molecule has 3 rings (SSSR count). The summed E-state index contributed by atoms with van der Waals surface area (Å²) >= 11 is 0. The van der Waals surface area contributed by atoms with Crippen LogP contribution in [0.2, 0.25) is 0 Å². The molecular formula is C23H24O. The van der Waals surface area contributed by atoms with Gasteiger partial charge in [-0.1, -0.05) is 74.5 Å². The molecule has 0 aliphatic carbocycles. The highest BCUT2D eigenvalue weighted by Gasteiger charge is 2.08. The molecule has 0 amide bonds. The number of methoxy groups -OCH3 is 1. The van der Waals surface area contributed by atoms with Gasteiger partial charge in [0.1, 0.15) is 5.75 Å². The van der Waals surface area contributed by atoms with Gasteiger partial charge in [-0.3, -0.25) is 0 Å². The maximum atomic E-state index is 5.66. The molecule has 0 fully saturated rings. The monoisotopic (exact) mass is 316 g/mol. The second-order valence-electron chi connectivity index (χ2n) is 6.02. The van der Waals surface area contributed by atoms with Crippen LogP contribution in [0, 0.1) is 0 Å². The first-order valence-electron chi connectivity index (χ1n) is 8.61. The molecule has 0 unspecified atom stereocenters. The van der Waals surface area contributed by atoms with Crippen LogP contribution in [-0.4, -0.2) is 7.11 Å². The summed E-state index contributed by atoms with van der Waals surface area (Å²) in [6.45, 7) is 4.35. The number of aryl methyl sites for hydroxylation is 2. The Morgan fingerprint density at radius 1 is 0.625 bits per heavy atom. The van der Waals surface area contributed by atoms with Crippen LogP contribution in [0.5, 0.6) is 5.75 Å². The lowest BCUT2D eigenvalue weighted by Gasteiger charge is -2.12. The van der Waals surface area contributed by atoms with Gasteiger partial charge >= 0.3 is 0 Å². The van der Waals surface area contributed by atoms with E-state index in [9.17, 15) is 0 Å². The van der Waals surface area contributed by atoms with Crippen LogP contribution in [0.4, 0.5) is 0 Å². The van der Waals surface area contributed by atoms with Gasteiger partial charge < -0.3 is 4.74 Å². The van der Waals surface area contributed by atoms with E-state index in [2.05, 4.69) is 80.6 Å². The minimum atomic E-state index is 0.913. The van der Waals surface area contributed by atoms with E-state index in [4.69, 9.17) is 4.74 Å². The summed E-state index contributed by atoms with van der Waals surface area (Å²) in [5, 5.41) is 0. The molecule has 0 heterocycles. The van der Waals surface area contributed by atoms with E-state index >= 15 is 0 Å². The lowest BCUT2D eigenvalue weighted by molar-refractivity contribution is 0.416. The highest BCUT2D eigenvalue weighted by molar-refractivity contribution is 5.76. The Morgan fingerprint density at radius 2 is 1.12 bits per heavy atom. The van der Waals surface area contributed by atoms with Crippen molar-refractivity contribution in [2.75, 3.05) is 7.11 Å². The minimum absolute atomic E-state index is 0.913.